The predicted molar refractivity (Wildman–Crippen MR) is 68.9 cm³/mol. The van der Waals surface area contributed by atoms with Gasteiger partial charge >= 0.3 is 5.97 Å². The van der Waals surface area contributed by atoms with Crippen molar-refractivity contribution in [3.05, 3.63) is 35.4 Å². The third-order valence-electron chi connectivity index (χ3n) is 2.98. The van der Waals surface area contributed by atoms with Gasteiger partial charge in [0.05, 0.1) is 12.0 Å². The molecule has 0 amide bonds. The zero-order valence-electron chi connectivity index (χ0n) is 10.6. The fourth-order valence-electron chi connectivity index (χ4n) is 1.91. The van der Waals surface area contributed by atoms with Gasteiger partial charge in [0.1, 0.15) is 6.61 Å². The maximum Gasteiger partial charge on any atom is 0.309 e. The minimum atomic E-state index is -0.789. The number of nitrogens with zero attached hydrogens (tertiary/aromatic N) is 1. The molecule has 1 heterocycles. The number of carboxylic acids is 1. The molecule has 1 aliphatic rings. The Kier molecular flexibility index (Phi) is 3.36. The second-order valence-corrected chi connectivity index (χ2v) is 5.10. The van der Waals surface area contributed by atoms with Crippen LogP contribution in [-0.4, -0.2) is 30.1 Å². The number of ether oxygens (including phenoxy) is 1. The molecule has 1 aromatic rings. The van der Waals surface area contributed by atoms with Crippen LogP contribution in [0.15, 0.2) is 29.3 Å². The molecular formula is C14H17NO3. The van der Waals surface area contributed by atoms with Crippen LogP contribution in [0.1, 0.15) is 25.0 Å². The van der Waals surface area contributed by atoms with Gasteiger partial charge in [0, 0.05) is 5.56 Å². The fraction of sp³-hybridized carbons (Fsp3) is 0.429. The van der Waals surface area contributed by atoms with E-state index in [9.17, 15) is 4.79 Å². The van der Waals surface area contributed by atoms with Crippen LogP contribution < -0.4 is 0 Å². The molecule has 1 aromatic carbocycles. The van der Waals surface area contributed by atoms with Gasteiger partial charge in [-0.05, 0) is 38.0 Å². The molecule has 0 aliphatic carbocycles. The smallest absolute Gasteiger partial charge is 0.309 e. The van der Waals surface area contributed by atoms with Crippen molar-refractivity contribution in [1.82, 2.24) is 0 Å². The van der Waals surface area contributed by atoms with Crippen LogP contribution in [0.25, 0.3) is 0 Å². The Bertz CT molecular complexity index is 492. The highest BCUT2D eigenvalue weighted by Gasteiger charge is 2.27. The zero-order chi connectivity index (χ0) is 13.2. The molecule has 0 radical (unpaired) electrons. The molecule has 0 spiro atoms. The number of aliphatic carboxylic acids is 1. The maximum atomic E-state index is 11.1. The Morgan fingerprint density at radius 2 is 2.28 bits per heavy atom. The minimum absolute atomic E-state index is 0.490. The van der Waals surface area contributed by atoms with E-state index in [-0.39, 0.29) is 0 Å². The lowest BCUT2D eigenvalue weighted by molar-refractivity contribution is -0.146. The van der Waals surface area contributed by atoms with E-state index in [1.165, 1.54) is 0 Å². The van der Waals surface area contributed by atoms with E-state index in [0.29, 0.717) is 25.5 Å². The lowest BCUT2D eigenvalue weighted by Crippen LogP contribution is -2.26. The Morgan fingerprint density at radius 1 is 1.50 bits per heavy atom. The molecule has 0 unspecified atom stereocenters. The highest BCUT2D eigenvalue weighted by molar-refractivity contribution is 5.95. The van der Waals surface area contributed by atoms with E-state index >= 15 is 0 Å². The Balaban J connectivity index is 2.20. The monoisotopic (exact) mass is 247 g/mol. The summed E-state index contributed by atoms with van der Waals surface area (Å²) >= 11 is 0. The van der Waals surface area contributed by atoms with Crippen molar-refractivity contribution in [3.8, 4) is 0 Å². The van der Waals surface area contributed by atoms with E-state index in [1.54, 1.807) is 13.8 Å². The molecule has 18 heavy (non-hydrogen) atoms. The maximum absolute atomic E-state index is 11.1. The topological polar surface area (TPSA) is 58.9 Å². The lowest BCUT2D eigenvalue weighted by atomic mass is 9.85. The van der Waals surface area contributed by atoms with Crippen molar-refractivity contribution < 1.29 is 14.6 Å². The first-order valence-electron chi connectivity index (χ1n) is 5.99. The molecular weight excluding hydrogens is 230 g/mol. The molecule has 96 valence electrons. The number of aliphatic imine (C=N–C) groups is 1. The zero-order valence-corrected chi connectivity index (χ0v) is 10.6. The van der Waals surface area contributed by atoms with E-state index < -0.39 is 11.4 Å². The average molecular weight is 247 g/mol. The SMILES string of the molecule is CC(C)(Cc1cccc(C2=NCCO2)c1)C(=O)O. The Hall–Kier alpha value is -1.84. The third-order valence-corrected chi connectivity index (χ3v) is 2.98. The number of carboxylic acid groups (broad SMARTS) is 1. The summed E-state index contributed by atoms with van der Waals surface area (Å²) in [5, 5.41) is 9.13. The number of hydrogen-bond donors (Lipinski definition) is 1. The average Bonchev–Trinajstić information content (AvgIpc) is 2.82. The normalized spacial score (nSPS) is 15.1. The molecule has 2 rings (SSSR count). The summed E-state index contributed by atoms with van der Waals surface area (Å²) in [6, 6.07) is 7.73. The van der Waals surface area contributed by atoms with E-state index in [2.05, 4.69) is 4.99 Å². The van der Waals surface area contributed by atoms with Gasteiger partial charge in [-0.25, -0.2) is 4.99 Å². The Morgan fingerprint density at radius 3 is 2.89 bits per heavy atom. The largest absolute Gasteiger partial charge is 0.481 e. The highest BCUT2D eigenvalue weighted by atomic mass is 16.5. The third kappa shape index (κ3) is 2.70. The van der Waals surface area contributed by atoms with Crippen LogP contribution in [0.2, 0.25) is 0 Å². The molecule has 1 N–H and O–H groups in total. The van der Waals surface area contributed by atoms with Gasteiger partial charge in [0.25, 0.3) is 0 Å². The van der Waals surface area contributed by atoms with E-state index in [4.69, 9.17) is 9.84 Å². The van der Waals surface area contributed by atoms with E-state index in [0.717, 1.165) is 11.1 Å². The van der Waals surface area contributed by atoms with Crippen LogP contribution >= 0.6 is 0 Å². The molecule has 0 atom stereocenters. The van der Waals surface area contributed by atoms with Crippen molar-refractivity contribution in [2.45, 2.75) is 20.3 Å². The fourth-order valence-corrected chi connectivity index (χ4v) is 1.91. The van der Waals surface area contributed by atoms with Gasteiger partial charge in [-0.2, -0.15) is 0 Å². The molecule has 0 fully saturated rings. The van der Waals surface area contributed by atoms with Crippen molar-refractivity contribution >= 4 is 11.9 Å². The van der Waals surface area contributed by atoms with Crippen LogP contribution in [0.3, 0.4) is 0 Å². The molecule has 0 saturated carbocycles. The molecule has 0 saturated heterocycles. The number of carbonyl (C=O) groups is 1. The first-order valence-corrected chi connectivity index (χ1v) is 5.99. The van der Waals surface area contributed by atoms with Gasteiger partial charge in [0.2, 0.25) is 5.90 Å². The summed E-state index contributed by atoms with van der Waals surface area (Å²) in [6.45, 7) is 4.78. The molecule has 4 nitrogen and oxygen atoms in total. The summed E-state index contributed by atoms with van der Waals surface area (Å²) in [4.78, 5) is 15.4. The van der Waals surface area contributed by atoms with Crippen molar-refractivity contribution in [2.24, 2.45) is 10.4 Å². The predicted octanol–water partition coefficient (Wildman–Crippen LogP) is 2.12. The number of rotatable bonds is 4. The van der Waals surface area contributed by atoms with Crippen molar-refractivity contribution in [3.63, 3.8) is 0 Å². The lowest BCUT2D eigenvalue weighted by Gasteiger charge is -2.19. The molecule has 0 aromatic heterocycles. The Labute approximate surface area is 106 Å². The summed E-state index contributed by atoms with van der Waals surface area (Å²) in [5.74, 6) is -0.132. The van der Waals surface area contributed by atoms with Gasteiger partial charge in [-0.3, -0.25) is 4.79 Å². The van der Waals surface area contributed by atoms with Crippen molar-refractivity contribution in [2.75, 3.05) is 13.2 Å². The summed E-state index contributed by atoms with van der Waals surface area (Å²) in [5.41, 5.74) is 1.14. The van der Waals surface area contributed by atoms with Crippen LogP contribution in [0, 0.1) is 5.41 Å². The van der Waals surface area contributed by atoms with Crippen LogP contribution in [0.4, 0.5) is 0 Å². The van der Waals surface area contributed by atoms with Crippen LogP contribution in [-0.2, 0) is 16.0 Å². The molecule has 4 heteroatoms. The summed E-state index contributed by atoms with van der Waals surface area (Å²) in [7, 11) is 0. The van der Waals surface area contributed by atoms with Crippen molar-refractivity contribution in [1.29, 1.82) is 0 Å². The second kappa shape index (κ2) is 4.80. The first-order chi connectivity index (χ1) is 8.49. The second-order valence-electron chi connectivity index (χ2n) is 5.10. The number of benzene rings is 1. The first kappa shape index (κ1) is 12.6. The summed E-state index contributed by atoms with van der Waals surface area (Å²) < 4.78 is 5.41. The minimum Gasteiger partial charge on any atom is -0.481 e. The van der Waals surface area contributed by atoms with E-state index in [1.807, 2.05) is 24.3 Å². The number of hydrogen-bond acceptors (Lipinski definition) is 3. The quantitative estimate of drug-likeness (QED) is 0.886. The van der Waals surface area contributed by atoms with Crippen LogP contribution in [0.5, 0.6) is 0 Å². The van der Waals surface area contributed by atoms with Gasteiger partial charge in [-0.1, -0.05) is 12.1 Å². The molecule has 0 bridgehead atoms. The molecule has 1 aliphatic heterocycles. The van der Waals surface area contributed by atoms with Gasteiger partial charge < -0.3 is 9.84 Å². The summed E-state index contributed by atoms with van der Waals surface area (Å²) in [6.07, 6.45) is 0.490. The standard InChI is InChI=1S/C14H17NO3/c1-14(2,13(16)17)9-10-4-3-5-11(8-10)12-15-6-7-18-12/h3-5,8H,6-7,9H2,1-2H3,(H,16,17). The van der Waals surface area contributed by atoms with Gasteiger partial charge in [-0.15, -0.1) is 0 Å². The van der Waals surface area contributed by atoms with Gasteiger partial charge in [0.15, 0.2) is 0 Å². The highest BCUT2D eigenvalue weighted by Crippen LogP contribution is 2.23.